The second-order valence-corrected chi connectivity index (χ2v) is 4.35. The summed E-state index contributed by atoms with van der Waals surface area (Å²) in [5, 5.41) is 2.69. The van der Waals surface area contributed by atoms with E-state index in [1.807, 2.05) is 18.2 Å². The molecule has 0 fully saturated rings. The topological polar surface area (TPSA) is 55.4 Å². The van der Waals surface area contributed by atoms with Gasteiger partial charge < -0.3 is 10.1 Å². The number of hydrogen-bond donors (Lipinski definition) is 1. The molecule has 1 rings (SSSR count). The zero-order valence-electron chi connectivity index (χ0n) is 9.86. The van der Waals surface area contributed by atoms with Crippen molar-refractivity contribution in [1.82, 2.24) is 0 Å². The molecule has 0 aliphatic heterocycles. The fourth-order valence-electron chi connectivity index (χ4n) is 1.21. The number of amides is 1. The molecule has 1 N–H and O–H groups in total. The van der Waals surface area contributed by atoms with Crippen LogP contribution in [0.3, 0.4) is 0 Å². The minimum atomic E-state index is -0.234. The third-order valence-corrected chi connectivity index (χ3v) is 2.78. The number of ether oxygens (including phenoxy) is 1. The number of thioether (sulfide) groups is 1. The summed E-state index contributed by atoms with van der Waals surface area (Å²) in [6, 6.07) is 7.34. The molecule has 0 saturated carbocycles. The van der Waals surface area contributed by atoms with E-state index in [0.717, 1.165) is 10.6 Å². The summed E-state index contributed by atoms with van der Waals surface area (Å²) >= 11 is 1.38. The lowest BCUT2D eigenvalue weighted by molar-refractivity contribution is -0.139. The number of benzene rings is 1. The summed E-state index contributed by atoms with van der Waals surface area (Å²) in [7, 11) is 0. The molecule has 0 aromatic heterocycles. The second kappa shape index (κ2) is 6.96. The van der Waals surface area contributed by atoms with Crippen LogP contribution in [-0.4, -0.2) is 24.2 Å². The summed E-state index contributed by atoms with van der Waals surface area (Å²) in [6.07, 6.45) is 0. The number of hydrogen-bond acceptors (Lipinski definition) is 4. The van der Waals surface area contributed by atoms with E-state index in [1.165, 1.54) is 18.7 Å². The smallest absolute Gasteiger partial charge is 0.316 e. The maximum absolute atomic E-state index is 11.2. The Hall–Kier alpha value is -1.49. The molecule has 0 spiro atoms. The predicted octanol–water partition coefficient (Wildman–Crippen LogP) is 2.30. The minimum absolute atomic E-state index is 0.113. The Morgan fingerprint density at radius 1 is 1.41 bits per heavy atom. The largest absolute Gasteiger partial charge is 0.465 e. The van der Waals surface area contributed by atoms with Crippen LogP contribution in [0.15, 0.2) is 29.2 Å². The predicted molar refractivity (Wildman–Crippen MR) is 68.1 cm³/mol. The summed E-state index contributed by atoms with van der Waals surface area (Å²) in [6.45, 7) is 3.63. The van der Waals surface area contributed by atoms with E-state index in [-0.39, 0.29) is 17.6 Å². The van der Waals surface area contributed by atoms with E-state index < -0.39 is 0 Å². The van der Waals surface area contributed by atoms with Gasteiger partial charge in [0.2, 0.25) is 5.91 Å². The van der Waals surface area contributed by atoms with Gasteiger partial charge in [-0.15, -0.1) is 11.8 Å². The molecule has 0 unspecified atom stereocenters. The Kier molecular flexibility index (Phi) is 5.56. The molecule has 1 amide bonds. The molecule has 0 saturated heterocycles. The molecule has 92 valence electrons. The summed E-state index contributed by atoms with van der Waals surface area (Å²) in [4.78, 5) is 23.0. The monoisotopic (exact) mass is 253 g/mol. The Balaban J connectivity index is 2.53. The van der Waals surface area contributed by atoms with Crippen LogP contribution in [0.5, 0.6) is 0 Å². The SMILES string of the molecule is CCOC(=O)CSc1cccc(NC(C)=O)c1. The van der Waals surface area contributed by atoms with Crippen molar-refractivity contribution < 1.29 is 14.3 Å². The second-order valence-electron chi connectivity index (χ2n) is 3.30. The van der Waals surface area contributed by atoms with E-state index in [0.29, 0.717) is 6.61 Å². The van der Waals surface area contributed by atoms with Crippen molar-refractivity contribution in [3.63, 3.8) is 0 Å². The molecular formula is C12H15NO3S. The van der Waals surface area contributed by atoms with Crippen molar-refractivity contribution in [3.8, 4) is 0 Å². The zero-order valence-corrected chi connectivity index (χ0v) is 10.7. The Morgan fingerprint density at radius 2 is 2.18 bits per heavy atom. The average Bonchev–Trinajstić information content (AvgIpc) is 2.26. The van der Waals surface area contributed by atoms with Gasteiger partial charge in [0.25, 0.3) is 0 Å². The highest BCUT2D eigenvalue weighted by Crippen LogP contribution is 2.21. The standard InChI is InChI=1S/C12H15NO3S/c1-3-16-12(15)8-17-11-6-4-5-10(7-11)13-9(2)14/h4-7H,3,8H2,1-2H3,(H,13,14). The number of carbonyl (C=O) groups excluding carboxylic acids is 2. The van der Waals surface area contributed by atoms with Gasteiger partial charge in [-0.3, -0.25) is 9.59 Å². The van der Waals surface area contributed by atoms with Gasteiger partial charge in [-0.2, -0.15) is 0 Å². The number of carbonyl (C=O) groups is 2. The van der Waals surface area contributed by atoms with Crippen LogP contribution >= 0.6 is 11.8 Å². The van der Waals surface area contributed by atoms with Gasteiger partial charge in [-0.25, -0.2) is 0 Å². The van der Waals surface area contributed by atoms with E-state index in [9.17, 15) is 9.59 Å². The normalized spacial score (nSPS) is 9.76. The Morgan fingerprint density at radius 3 is 2.82 bits per heavy atom. The fourth-order valence-corrected chi connectivity index (χ4v) is 1.96. The lowest BCUT2D eigenvalue weighted by Gasteiger charge is -2.05. The van der Waals surface area contributed by atoms with Crippen LogP contribution in [0, 0.1) is 0 Å². The first kappa shape index (κ1) is 13.6. The van der Waals surface area contributed by atoms with Crippen molar-refractivity contribution in [1.29, 1.82) is 0 Å². The molecule has 5 heteroatoms. The van der Waals surface area contributed by atoms with Crippen molar-refractivity contribution in [2.45, 2.75) is 18.7 Å². The number of esters is 1. The molecular weight excluding hydrogens is 238 g/mol. The van der Waals surface area contributed by atoms with Gasteiger partial charge in [0.05, 0.1) is 12.4 Å². The molecule has 0 aliphatic rings. The van der Waals surface area contributed by atoms with Crippen molar-refractivity contribution in [3.05, 3.63) is 24.3 Å². The lowest BCUT2D eigenvalue weighted by Crippen LogP contribution is -2.07. The first-order valence-electron chi connectivity index (χ1n) is 5.28. The van der Waals surface area contributed by atoms with Gasteiger partial charge in [-0.1, -0.05) is 6.07 Å². The van der Waals surface area contributed by atoms with Crippen molar-refractivity contribution >= 4 is 29.3 Å². The summed E-state index contributed by atoms with van der Waals surface area (Å²) < 4.78 is 4.83. The summed E-state index contributed by atoms with van der Waals surface area (Å²) in [5.41, 5.74) is 0.728. The van der Waals surface area contributed by atoms with Gasteiger partial charge >= 0.3 is 5.97 Å². The quantitative estimate of drug-likeness (QED) is 0.646. The maximum Gasteiger partial charge on any atom is 0.316 e. The highest BCUT2D eigenvalue weighted by molar-refractivity contribution is 8.00. The maximum atomic E-state index is 11.2. The molecule has 4 nitrogen and oxygen atoms in total. The van der Waals surface area contributed by atoms with E-state index in [2.05, 4.69) is 5.32 Å². The van der Waals surface area contributed by atoms with Crippen LogP contribution in [0.1, 0.15) is 13.8 Å². The van der Waals surface area contributed by atoms with Crippen molar-refractivity contribution in [2.24, 2.45) is 0 Å². The van der Waals surface area contributed by atoms with Gasteiger partial charge in [0, 0.05) is 17.5 Å². The van der Waals surface area contributed by atoms with E-state index in [4.69, 9.17) is 4.74 Å². The van der Waals surface area contributed by atoms with Gasteiger partial charge in [0.1, 0.15) is 0 Å². The lowest BCUT2D eigenvalue weighted by atomic mass is 10.3. The summed E-state index contributed by atoms with van der Waals surface area (Å²) in [5.74, 6) is -0.0721. The first-order chi connectivity index (χ1) is 8.11. The third kappa shape index (κ3) is 5.40. The molecule has 1 aromatic rings. The number of anilines is 1. The van der Waals surface area contributed by atoms with Crippen LogP contribution in [-0.2, 0) is 14.3 Å². The van der Waals surface area contributed by atoms with Crippen LogP contribution < -0.4 is 5.32 Å². The van der Waals surface area contributed by atoms with Crippen molar-refractivity contribution in [2.75, 3.05) is 17.7 Å². The van der Waals surface area contributed by atoms with Crippen LogP contribution in [0.4, 0.5) is 5.69 Å². The average molecular weight is 253 g/mol. The third-order valence-electron chi connectivity index (χ3n) is 1.82. The first-order valence-corrected chi connectivity index (χ1v) is 6.26. The molecule has 17 heavy (non-hydrogen) atoms. The van der Waals surface area contributed by atoms with Crippen LogP contribution in [0.2, 0.25) is 0 Å². The molecule has 0 heterocycles. The molecule has 0 bridgehead atoms. The fraction of sp³-hybridized carbons (Fsp3) is 0.333. The number of rotatable bonds is 5. The molecule has 0 radical (unpaired) electrons. The number of nitrogens with one attached hydrogen (secondary N) is 1. The van der Waals surface area contributed by atoms with E-state index in [1.54, 1.807) is 13.0 Å². The van der Waals surface area contributed by atoms with E-state index >= 15 is 0 Å². The molecule has 1 aromatic carbocycles. The van der Waals surface area contributed by atoms with Crippen LogP contribution in [0.25, 0.3) is 0 Å². The zero-order chi connectivity index (χ0) is 12.7. The Labute approximate surface area is 105 Å². The molecule has 0 atom stereocenters. The Bertz CT molecular complexity index is 406. The highest BCUT2D eigenvalue weighted by atomic mass is 32.2. The van der Waals surface area contributed by atoms with Gasteiger partial charge in [-0.05, 0) is 25.1 Å². The minimum Gasteiger partial charge on any atom is -0.465 e. The molecule has 0 aliphatic carbocycles. The van der Waals surface area contributed by atoms with Gasteiger partial charge in [0.15, 0.2) is 0 Å². The highest BCUT2D eigenvalue weighted by Gasteiger charge is 2.04.